The van der Waals surface area contributed by atoms with E-state index in [0.29, 0.717) is 0 Å². The molecule has 0 aliphatic heterocycles. The average molecular weight is 1020 g/mol. The number of hydrogen-bond donors (Lipinski definition) is 0. The van der Waals surface area contributed by atoms with Crippen LogP contribution >= 0.6 is 0 Å². The van der Waals surface area contributed by atoms with Crippen molar-refractivity contribution in [3.05, 3.63) is 122 Å². The van der Waals surface area contributed by atoms with Gasteiger partial charge in [0.05, 0.1) is 0 Å². The number of nitrogens with zero attached hydrogens (tertiary/aromatic N) is 4. The van der Waals surface area contributed by atoms with E-state index in [1.807, 2.05) is 0 Å². The Morgan fingerprint density at radius 1 is 0.176 bits per heavy atom. The van der Waals surface area contributed by atoms with Crippen molar-refractivity contribution in [2.24, 2.45) is 0 Å². The SMILES string of the molecule is CCCCCCCCCC[n+]1ccccc1.CCCCCCCCCC[n+]1ccccc1.CCCCCCCCCC[n+]1ccccc1.CCCCCCCCCC[n+]1ccccc1.[Cl-].[Cl-].[Cl-].[Cl-]. The van der Waals surface area contributed by atoms with Crippen LogP contribution in [0.1, 0.15) is 233 Å². The molecule has 4 aromatic heterocycles. The minimum absolute atomic E-state index is 0. The predicted molar refractivity (Wildman–Crippen MR) is 277 cm³/mol. The summed E-state index contributed by atoms with van der Waals surface area (Å²) in [5.74, 6) is 0. The second kappa shape index (κ2) is 60.9. The zero-order valence-corrected chi connectivity index (χ0v) is 47.3. The Morgan fingerprint density at radius 2 is 0.309 bits per heavy atom. The van der Waals surface area contributed by atoms with E-state index in [1.54, 1.807) is 0 Å². The molecule has 0 aliphatic rings. The number of aromatic nitrogens is 4. The molecule has 0 spiro atoms. The van der Waals surface area contributed by atoms with Crippen LogP contribution in [0.15, 0.2) is 122 Å². The van der Waals surface area contributed by atoms with Crippen LogP contribution in [0.4, 0.5) is 0 Å². The maximum absolute atomic E-state index is 2.27. The Bertz CT molecular complexity index is 1220. The molecule has 0 atom stereocenters. The molecule has 0 saturated carbocycles. The second-order valence-electron chi connectivity index (χ2n) is 18.4. The smallest absolute Gasteiger partial charge is 0.168 e. The predicted octanol–water partition coefficient (Wildman–Crippen LogP) is 4.48. The summed E-state index contributed by atoms with van der Waals surface area (Å²) in [6.45, 7) is 13.8. The van der Waals surface area contributed by atoms with Gasteiger partial charge < -0.3 is 49.6 Å². The van der Waals surface area contributed by atoms with E-state index in [1.165, 1.54) is 232 Å². The summed E-state index contributed by atoms with van der Waals surface area (Å²) in [7, 11) is 0. The summed E-state index contributed by atoms with van der Waals surface area (Å²) >= 11 is 0. The lowest BCUT2D eigenvalue weighted by Crippen LogP contribution is -3.00. The van der Waals surface area contributed by atoms with Gasteiger partial charge in [0.25, 0.3) is 0 Å². The molecule has 8 heteroatoms. The number of pyridine rings is 4. The van der Waals surface area contributed by atoms with Gasteiger partial charge in [0, 0.05) is 74.2 Å². The van der Waals surface area contributed by atoms with Crippen molar-refractivity contribution in [3.8, 4) is 0 Å². The van der Waals surface area contributed by atoms with Crippen LogP contribution in [-0.4, -0.2) is 0 Å². The first-order valence-electron chi connectivity index (χ1n) is 27.5. The van der Waals surface area contributed by atoms with Gasteiger partial charge in [0.15, 0.2) is 49.6 Å². The molecule has 4 heterocycles. The highest BCUT2D eigenvalue weighted by Gasteiger charge is 2.01. The lowest BCUT2D eigenvalue weighted by molar-refractivity contribution is -0.697. The van der Waals surface area contributed by atoms with Crippen molar-refractivity contribution in [2.45, 2.75) is 259 Å². The van der Waals surface area contributed by atoms with E-state index < -0.39 is 0 Å². The average Bonchev–Trinajstić information content (AvgIpc) is 3.34. The molecule has 4 rings (SSSR count). The van der Waals surface area contributed by atoms with E-state index in [0.717, 1.165) is 0 Å². The van der Waals surface area contributed by atoms with E-state index in [4.69, 9.17) is 0 Å². The zero-order valence-electron chi connectivity index (χ0n) is 44.3. The third-order valence-electron chi connectivity index (χ3n) is 12.2. The first-order chi connectivity index (χ1) is 31.7. The number of hydrogen-bond acceptors (Lipinski definition) is 0. The lowest BCUT2D eigenvalue weighted by Gasteiger charge is -2.00. The normalized spacial score (nSPS) is 9.94. The topological polar surface area (TPSA) is 15.5 Å². The van der Waals surface area contributed by atoms with Crippen molar-refractivity contribution in [1.29, 1.82) is 0 Å². The van der Waals surface area contributed by atoms with Crippen LogP contribution in [0, 0.1) is 0 Å². The first-order valence-corrected chi connectivity index (χ1v) is 27.5. The molecule has 0 aromatic carbocycles. The van der Waals surface area contributed by atoms with E-state index in [2.05, 4.69) is 168 Å². The molecule has 4 aromatic rings. The van der Waals surface area contributed by atoms with Gasteiger partial charge in [0.2, 0.25) is 0 Å². The number of halogens is 4. The fourth-order valence-electron chi connectivity index (χ4n) is 8.05. The number of rotatable bonds is 36. The van der Waals surface area contributed by atoms with Crippen LogP contribution in [-0.2, 0) is 26.2 Å². The van der Waals surface area contributed by atoms with E-state index >= 15 is 0 Å². The summed E-state index contributed by atoms with van der Waals surface area (Å²) in [4.78, 5) is 0. The highest BCUT2D eigenvalue weighted by Crippen LogP contribution is 2.11. The molecule has 0 amide bonds. The minimum Gasteiger partial charge on any atom is -1.00 e. The summed E-state index contributed by atoms with van der Waals surface area (Å²) in [5, 5.41) is 0. The third-order valence-corrected chi connectivity index (χ3v) is 12.2. The summed E-state index contributed by atoms with van der Waals surface area (Å²) in [6.07, 6.45) is 62.0. The molecule has 0 unspecified atom stereocenters. The molecule has 0 fully saturated rings. The number of unbranched alkanes of at least 4 members (excludes halogenated alkanes) is 28. The quantitative estimate of drug-likeness (QED) is 0.0473. The Labute approximate surface area is 447 Å². The van der Waals surface area contributed by atoms with Crippen LogP contribution in [0.5, 0.6) is 0 Å². The number of aryl methyl sites for hydroxylation is 4. The van der Waals surface area contributed by atoms with Crippen molar-refractivity contribution in [1.82, 2.24) is 0 Å². The monoisotopic (exact) mass is 1020 g/mol. The van der Waals surface area contributed by atoms with Gasteiger partial charge >= 0.3 is 0 Å². The summed E-state index contributed by atoms with van der Waals surface area (Å²) in [6, 6.07) is 25.1. The van der Waals surface area contributed by atoms with Crippen molar-refractivity contribution in [3.63, 3.8) is 0 Å². The molecular formula is C60H104Cl4N4. The third kappa shape index (κ3) is 51.6. The van der Waals surface area contributed by atoms with Crippen LogP contribution in [0.3, 0.4) is 0 Å². The van der Waals surface area contributed by atoms with Crippen molar-refractivity contribution in [2.75, 3.05) is 0 Å². The standard InChI is InChI=1S/4C15H26N.4ClH/c4*1-2-3-4-5-6-7-8-10-13-16-14-11-9-12-15-16;;;;/h4*9,11-12,14-15H,2-8,10,13H2,1H3;4*1H/q4*+1;;;;/p-4. The molecule has 0 radical (unpaired) electrons. The Balaban J connectivity index is -0.000000394. The maximum atomic E-state index is 2.27. The summed E-state index contributed by atoms with van der Waals surface area (Å²) in [5.41, 5.74) is 0. The van der Waals surface area contributed by atoms with Gasteiger partial charge in [-0.2, -0.15) is 0 Å². The van der Waals surface area contributed by atoms with Gasteiger partial charge in [-0.25, -0.2) is 18.3 Å². The lowest BCUT2D eigenvalue weighted by atomic mass is 10.1. The zero-order chi connectivity index (χ0) is 45.9. The molecule has 0 aliphatic carbocycles. The Morgan fingerprint density at radius 3 is 0.456 bits per heavy atom. The molecule has 0 saturated heterocycles. The largest absolute Gasteiger partial charge is 1.00 e. The van der Waals surface area contributed by atoms with Crippen LogP contribution in [0.25, 0.3) is 0 Å². The van der Waals surface area contributed by atoms with Gasteiger partial charge in [-0.3, -0.25) is 0 Å². The second-order valence-corrected chi connectivity index (χ2v) is 18.4. The Kier molecular flexibility index (Phi) is 64.7. The maximum Gasteiger partial charge on any atom is 0.168 e. The first kappa shape index (κ1) is 72.3. The molecule has 0 N–H and O–H groups in total. The van der Waals surface area contributed by atoms with Crippen molar-refractivity contribution < 1.29 is 67.9 Å². The highest BCUT2D eigenvalue weighted by molar-refractivity contribution is 4.85. The molecule has 68 heavy (non-hydrogen) atoms. The van der Waals surface area contributed by atoms with Gasteiger partial charge in [0.1, 0.15) is 26.2 Å². The van der Waals surface area contributed by atoms with Crippen molar-refractivity contribution >= 4 is 0 Å². The minimum atomic E-state index is 0. The Hall–Kier alpha value is -2.24. The van der Waals surface area contributed by atoms with Gasteiger partial charge in [-0.05, 0) is 25.7 Å². The molecular weight excluding hydrogens is 918 g/mol. The van der Waals surface area contributed by atoms with Gasteiger partial charge in [-0.15, -0.1) is 0 Å². The van der Waals surface area contributed by atoms with Crippen LogP contribution in [0.2, 0.25) is 0 Å². The van der Waals surface area contributed by atoms with Crippen LogP contribution < -0.4 is 67.9 Å². The molecule has 0 bridgehead atoms. The fourth-order valence-corrected chi connectivity index (χ4v) is 8.05. The molecule has 392 valence electrons. The van der Waals surface area contributed by atoms with E-state index in [9.17, 15) is 0 Å². The van der Waals surface area contributed by atoms with E-state index in [-0.39, 0.29) is 49.6 Å². The highest BCUT2D eigenvalue weighted by atomic mass is 35.5. The molecule has 4 nitrogen and oxygen atoms in total. The van der Waals surface area contributed by atoms with Gasteiger partial charge in [-0.1, -0.05) is 206 Å². The summed E-state index contributed by atoms with van der Waals surface area (Å²) < 4.78 is 9.10. The fraction of sp³-hybridized carbons (Fsp3) is 0.667.